The predicted molar refractivity (Wildman–Crippen MR) is 83.0 cm³/mol. The third kappa shape index (κ3) is 4.53. The topological polar surface area (TPSA) is 44.4 Å². The van der Waals surface area contributed by atoms with E-state index in [4.69, 9.17) is 0 Å². The molecule has 0 radical (unpaired) electrons. The van der Waals surface area contributed by atoms with Crippen LogP contribution >= 0.6 is 0 Å². The normalized spacial score (nSPS) is 18.9. The Balaban J connectivity index is 1.80. The highest BCUT2D eigenvalue weighted by molar-refractivity contribution is 5.76. The maximum Gasteiger partial charge on any atom is 0.220 e. The number of benzene rings is 1. The summed E-state index contributed by atoms with van der Waals surface area (Å²) in [4.78, 5) is 14.2. The van der Waals surface area contributed by atoms with Gasteiger partial charge in [-0.15, -0.1) is 0 Å². The molecule has 20 heavy (non-hydrogen) atoms. The number of hydrogen-bond donors (Lipinski definition) is 2. The number of hydrogen-bond acceptors (Lipinski definition) is 3. The van der Waals surface area contributed by atoms with E-state index in [9.17, 15) is 4.79 Å². The number of carbonyl (C=O) groups is 1. The summed E-state index contributed by atoms with van der Waals surface area (Å²) >= 11 is 0. The highest BCUT2D eigenvalue weighted by Crippen LogP contribution is 2.19. The van der Waals surface area contributed by atoms with E-state index < -0.39 is 0 Å². The van der Waals surface area contributed by atoms with E-state index in [1.54, 1.807) is 0 Å². The third-order valence-electron chi connectivity index (χ3n) is 3.74. The monoisotopic (exact) mass is 275 g/mol. The van der Waals surface area contributed by atoms with Crippen molar-refractivity contribution in [1.82, 2.24) is 10.6 Å². The fraction of sp³-hybridized carbons (Fsp3) is 0.562. The van der Waals surface area contributed by atoms with Crippen LogP contribution in [0.4, 0.5) is 5.69 Å². The number of anilines is 1. The van der Waals surface area contributed by atoms with Crippen LogP contribution in [0.3, 0.4) is 0 Å². The summed E-state index contributed by atoms with van der Waals surface area (Å²) in [7, 11) is 1.91. The van der Waals surface area contributed by atoms with Gasteiger partial charge in [0.25, 0.3) is 0 Å². The predicted octanol–water partition coefficient (Wildman–Crippen LogP) is 1.77. The Kier molecular flexibility index (Phi) is 5.87. The summed E-state index contributed by atoms with van der Waals surface area (Å²) in [6, 6.07) is 10.7. The number of amides is 1. The summed E-state index contributed by atoms with van der Waals surface area (Å²) in [6.07, 6.45) is 3.73. The van der Waals surface area contributed by atoms with Gasteiger partial charge in [0.05, 0.1) is 0 Å². The van der Waals surface area contributed by atoms with E-state index >= 15 is 0 Å². The number of rotatable bonds is 6. The molecule has 0 aromatic heterocycles. The molecule has 1 unspecified atom stereocenters. The van der Waals surface area contributed by atoms with E-state index in [0.717, 1.165) is 38.9 Å². The molecule has 1 amide bonds. The highest BCUT2D eigenvalue weighted by atomic mass is 16.1. The maximum absolute atomic E-state index is 11.9. The quantitative estimate of drug-likeness (QED) is 0.778. The molecule has 4 heteroatoms. The van der Waals surface area contributed by atoms with E-state index in [0.29, 0.717) is 6.42 Å². The van der Waals surface area contributed by atoms with Crippen LogP contribution in [0.5, 0.6) is 0 Å². The van der Waals surface area contributed by atoms with E-state index in [1.165, 1.54) is 5.69 Å². The molecule has 1 aliphatic rings. The molecule has 1 atom stereocenters. The lowest BCUT2D eigenvalue weighted by Gasteiger charge is -2.34. The first kappa shape index (κ1) is 14.9. The SMILES string of the molecule is CNCCCC(=O)NC1CCCN(c2ccccc2)C1. The Bertz CT molecular complexity index is 407. The van der Waals surface area contributed by atoms with Crippen molar-refractivity contribution in [1.29, 1.82) is 0 Å². The Hall–Kier alpha value is -1.55. The molecular formula is C16H25N3O. The molecule has 2 rings (SSSR count). The van der Waals surface area contributed by atoms with Crippen LogP contribution in [0.2, 0.25) is 0 Å². The van der Waals surface area contributed by atoms with Gasteiger partial charge in [-0.2, -0.15) is 0 Å². The third-order valence-corrected chi connectivity index (χ3v) is 3.74. The zero-order valence-corrected chi connectivity index (χ0v) is 12.3. The van der Waals surface area contributed by atoms with E-state index in [2.05, 4.69) is 39.8 Å². The molecule has 0 aliphatic carbocycles. The second-order valence-corrected chi connectivity index (χ2v) is 5.40. The standard InChI is InChI=1S/C16H25N3O/c1-17-11-5-10-16(20)18-14-7-6-12-19(13-14)15-8-3-2-4-9-15/h2-4,8-9,14,17H,5-7,10-13H2,1H3,(H,18,20). The molecule has 1 saturated heterocycles. The lowest BCUT2D eigenvalue weighted by atomic mass is 10.0. The molecule has 1 fully saturated rings. The lowest BCUT2D eigenvalue weighted by Crippen LogP contribution is -2.47. The van der Waals surface area contributed by atoms with Crippen molar-refractivity contribution in [2.45, 2.75) is 31.7 Å². The minimum atomic E-state index is 0.181. The Labute approximate surface area is 121 Å². The fourth-order valence-electron chi connectivity index (χ4n) is 2.69. The van der Waals surface area contributed by atoms with Crippen molar-refractivity contribution in [3.05, 3.63) is 30.3 Å². The largest absolute Gasteiger partial charge is 0.369 e. The fourth-order valence-corrected chi connectivity index (χ4v) is 2.69. The Morgan fingerprint density at radius 3 is 2.90 bits per heavy atom. The van der Waals surface area contributed by atoms with Gasteiger partial charge in [0.1, 0.15) is 0 Å². The molecule has 110 valence electrons. The van der Waals surface area contributed by atoms with Gasteiger partial charge in [-0.05, 0) is 45.0 Å². The van der Waals surface area contributed by atoms with Crippen molar-refractivity contribution in [3.8, 4) is 0 Å². The molecule has 1 aliphatic heterocycles. The molecule has 4 nitrogen and oxygen atoms in total. The summed E-state index contributed by atoms with van der Waals surface area (Å²) in [6.45, 7) is 2.89. The average Bonchev–Trinajstić information content (AvgIpc) is 2.49. The van der Waals surface area contributed by atoms with Crippen LogP contribution in [0.1, 0.15) is 25.7 Å². The number of carbonyl (C=O) groups excluding carboxylic acids is 1. The summed E-state index contributed by atoms with van der Waals surface area (Å²) in [5.74, 6) is 0.181. The van der Waals surface area contributed by atoms with E-state index in [-0.39, 0.29) is 11.9 Å². The molecule has 1 heterocycles. The van der Waals surface area contributed by atoms with Crippen molar-refractivity contribution in [3.63, 3.8) is 0 Å². The first-order chi connectivity index (χ1) is 9.79. The maximum atomic E-state index is 11.9. The van der Waals surface area contributed by atoms with Crippen LogP contribution in [-0.2, 0) is 4.79 Å². The highest BCUT2D eigenvalue weighted by Gasteiger charge is 2.21. The molecule has 2 N–H and O–H groups in total. The van der Waals surface area contributed by atoms with Gasteiger partial charge < -0.3 is 15.5 Å². The molecule has 1 aromatic carbocycles. The number of nitrogens with one attached hydrogen (secondary N) is 2. The zero-order valence-electron chi connectivity index (χ0n) is 12.3. The van der Waals surface area contributed by atoms with Crippen LogP contribution in [0.25, 0.3) is 0 Å². The number of nitrogens with zero attached hydrogens (tertiary/aromatic N) is 1. The van der Waals surface area contributed by atoms with Crippen LogP contribution < -0.4 is 15.5 Å². The zero-order chi connectivity index (χ0) is 14.2. The van der Waals surface area contributed by atoms with Crippen molar-refractivity contribution in [2.75, 3.05) is 31.6 Å². The van der Waals surface area contributed by atoms with Crippen LogP contribution in [0, 0.1) is 0 Å². The number of para-hydroxylation sites is 1. The molecule has 1 aromatic rings. The Morgan fingerprint density at radius 1 is 1.35 bits per heavy atom. The Morgan fingerprint density at radius 2 is 2.15 bits per heavy atom. The van der Waals surface area contributed by atoms with Crippen LogP contribution in [-0.4, -0.2) is 38.6 Å². The summed E-state index contributed by atoms with van der Waals surface area (Å²) in [5, 5.41) is 6.24. The van der Waals surface area contributed by atoms with Crippen molar-refractivity contribution < 1.29 is 4.79 Å². The summed E-state index contributed by atoms with van der Waals surface area (Å²) in [5.41, 5.74) is 1.25. The van der Waals surface area contributed by atoms with Gasteiger partial charge >= 0.3 is 0 Å². The first-order valence-electron chi connectivity index (χ1n) is 7.53. The van der Waals surface area contributed by atoms with Gasteiger partial charge in [0.2, 0.25) is 5.91 Å². The average molecular weight is 275 g/mol. The molecular weight excluding hydrogens is 250 g/mol. The molecule has 0 spiro atoms. The van der Waals surface area contributed by atoms with Gasteiger partial charge in [-0.1, -0.05) is 18.2 Å². The molecule has 0 saturated carbocycles. The second-order valence-electron chi connectivity index (χ2n) is 5.40. The van der Waals surface area contributed by atoms with Gasteiger partial charge in [0.15, 0.2) is 0 Å². The summed E-state index contributed by atoms with van der Waals surface area (Å²) < 4.78 is 0. The van der Waals surface area contributed by atoms with Gasteiger partial charge in [-0.3, -0.25) is 4.79 Å². The minimum absolute atomic E-state index is 0.181. The second kappa shape index (κ2) is 7.90. The smallest absolute Gasteiger partial charge is 0.220 e. The van der Waals surface area contributed by atoms with Gasteiger partial charge in [0, 0.05) is 31.2 Å². The minimum Gasteiger partial charge on any atom is -0.369 e. The van der Waals surface area contributed by atoms with Crippen molar-refractivity contribution in [2.24, 2.45) is 0 Å². The first-order valence-corrected chi connectivity index (χ1v) is 7.53. The number of piperidine rings is 1. The van der Waals surface area contributed by atoms with E-state index in [1.807, 2.05) is 13.1 Å². The van der Waals surface area contributed by atoms with Crippen molar-refractivity contribution >= 4 is 11.6 Å². The molecule has 0 bridgehead atoms. The van der Waals surface area contributed by atoms with Gasteiger partial charge in [-0.25, -0.2) is 0 Å². The van der Waals surface area contributed by atoms with Crippen LogP contribution in [0.15, 0.2) is 30.3 Å². The lowest BCUT2D eigenvalue weighted by molar-refractivity contribution is -0.121.